The van der Waals surface area contributed by atoms with Gasteiger partial charge >= 0.3 is 0 Å². The molecule has 2 N–H and O–H groups in total. The number of anilines is 1. The Hall–Kier alpha value is -2.54. The Balaban J connectivity index is 1.87. The second-order valence-electron chi connectivity index (χ2n) is 6.94. The maximum absolute atomic E-state index is 12.9. The zero-order valence-corrected chi connectivity index (χ0v) is 16.5. The van der Waals surface area contributed by atoms with E-state index in [4.69, 9.17) is 4.74 Å². The summed E-state index contributed by atoms with van der Waals surface area (Å²) in [5.74, 6) is 0.406. The molecule has 1 fully saturated rings. The van der Waals surface area contributed by atoms with Gasteiger partial charge in [-0.05, 0) is 62.9 Å². The van der Waals surface area contributed by atoms with Gasteiger partial charge in [0.1, 0.15) is 10.6 Å². The fraction of sp³-hybridized carbons (Fsp3) is 0.350. The molecule has 6 nitrogen and oxygen atoms in total. The summed E-state index contributed by atoms with van der Waals surface area (Å²) in [5.41, 5.74) is 1.76. The SMILES string of the molecule is COc1ccc(C(=O)N[C@@H](C)C2CC2)cc1S(=O)(=O)Nc1ccc(C)cc1. The number of rotatable bonds is 7. The van der Waals surface area contributed by atoms with Crippen LogP contribution in [0.4, 0.5) is 5.69 Å². The van der Waals surface area contributed by atoms with Crippen molar-refractivity contribution in [3.8, 4) is 5.75 Å². The Morgan fingerprint density at radius 2 is 1.81 bits per heavy atom. The molecule has 1 saturated carbocycles. The van der Waals surface area contributed by atoms with Gasteiger partial charge in [-0.25, -0.2) is 8.42 Å². The van der Waals surface area contributed by atoms with E-state index >= 15 is 0 Å². The van der Waals surface area contributed by atoms with Gasteiger partial charge in [0, 0.05) is 17.3 Å². The average molecular weight is 388 g/mol. The van der Waals surface area contributed by atoms with Crippen LogP contribution in [0.2, 0.25) is 0 Å². The second kappa shape index (κ2) is 7.60. The summed E-state index contributed by atoms with van der Waals surface area (Å²) in [5, 5.41) is 2.94. The van der Waals surface area contributed by atoms with Crippen LogP contribution in [0, 0.1) is 12.8 Å². The topological polar surface area (TPSA) is 84.5 Å². The molecule has 0 aliphatic heterocycles. The summed E-state index contributed by atoms with van der Waals surface area (Å²) in [6.07, 6.45) is 2.23. The number of carbonyl (C=O) groups excluding carboxylic acids is 1. The zero-order valence-electron chi connectivity index (χ0n) is 15.7. The molecule has 0 heterocycles. The van der Waals surface area contributed by atoms with Crippen LogP contribution < -0.4 is 14.8 Å². The molecule has 27 heavy (non-hydrogen) atoms. The van der Waals surface area contributed by atoms with E-state index in [0.29, 0.717) is 11.6 Å². The highest BCUT2D eigenvalue weighted by Crippen LogP contribution is 2.32. The molecule has 3 rings (SSSR count). The summed E-state index contributed by atoms with van der Waals surface area (Å²) in [6, 6.07) is 11.5. The molecule has 0 radical (unpaired) electrons. The molecule has 1 amide bonds. The van der Waals surface area contributed by atoms with Crippen molar-refractivity contribution >= 4 is 21.6 Å². The van der Waals surface area contributed by atoms with Crippen molar-refractivity contribution in [2.45, 2.75) is 37.6 Å². The van der Waals surface area contributed by atoms with E-state index < -0.39 is 10.0 Å². The monoisotopic (exact) mass is 388 g/mol. The zero-order chi connectivity index (χ0) is 19.6. The van der Waals surface area contributed by atoms with Gasteiger partial charge in [0.2, 0.25) is 0 Å². The maximum Gasteiger partial charge on any atom is 0.265 e. The number of ether oxygens (including phenoxy) is 1. The van der Waals surface area contributed by atoms with Gasteiger partial charge in [-0.15, -0.1) is 0 Å². The smallest absolute Gasteiger partial charge is 0.265 e. The Morgan fingerprint density at radius 3 is 2.41 bits per heavy atom. The Kier molecular flexibility index (Phi) is 5.41. The molecule has 144 valence electrons. The summed E-state index contributed by atoms with van der Waals surface area (Å²) in [6.45, 7) is 3.89. The van der Waals surface area contributed by atoms with Gasteiger partial charge in [-0.1, -0.05) is 17.7 Å². The predicted octanol–water partition coefficient (Wildman–Crippen LogP) is 3.33. The van der Waals surface area contributed by atoms with E-state index in [1.807, 2.05) is 26.0 Å². The van der Waals surface area contributed by atoms with Crippen molar-refractivity contribution in [3.05, 3.63) is 53.6 Å². The molecule has 7 heteroatoms. The number of aryl methyl sites for hydroxylation is 1. The molecule has 0 aromatic heterocycles. The third kappa shape index (κ3) is 4.60. The van der Waals surface area contributed by atoms with Gasteiger partial charge < -0.3 is 10.1 Å². The number of amides is 1. The largest absolute Gasteiger partial charge is 0.495 e. The third-order valence-corrected chi connectivity index (χ3v) is 6.11. The van der Waals surface area contributed by atoms with Crippen molar-refractivity contribution in [3.63, 3.8) is 0 Å². The number of hydrogen-bond acceptors (Lipinski definition) is 4. The number of benzene rings is 2. The van der Waals surface area contributed by atoms with E-state index in [2.05, 4.69) is 10.0 Å². The first-order valence-electron chi connectivity index (χ1n) is 8.88. The lowest BCUT2D eigenvalue weighted by molar-refractivity contribution is 0.0935. The molecular weight excluding hydrogens is 364 g/mol. The third-order valence-electron chi connectivity index (χ3n) is 4.71. The van der Waals surface area contributed by atoms with Crippen molar-refractivity contribution in [1.82, 2.24) is 5.32 Å². The minimum absolute atomic E-state index is 0.0719. The van der Waals surface area contributed by atoms with Crippen LogP contribution in [0.25, 0.3) is 0 Å². The molecule has 0 bridgehead atoms. The van der Waals surface area contributed by atoms with Crippen LogP contribution in [-0.4, -0.2) is 27.5 Å². The molecule has 0 saturated heterocycles. The van der Waals surface area contributed by atoms with Crippen LogP contribution in [0.15, 0.2) is 47.4 Å². The van der Waals surface area contributed by atoms with Crippen molar-refractivity contribution in [2.75, 3.05) is 11.8 Å². The number of sulfonamides is 1. The first-order chi connectivity index (χ1) is 12.8. The van der Waals surface area contributed by atoms with E-state index in [1.54, 1.807) is 18.2 Å². The highest BCUT2D eigenvalue weighted by Gasteiger charge is 2.29. The second-order valence-corrected chi connectivity index (χ2v) is 8.59. The molecular formula is C20H24N2O4S. The standard InChI is InChI=1S/C20H24N2O4S/c1-13-4-9-17(10-5-13)22-27(24,25)19-12-16(8-11-18(19)26-3)20(23)21-14(2)15-6-7-15/h4-5,8-12,14-15,22H,6-7H2,1-3H3,(H,21,23)/t14-/m0/s1. The fourth-order valence-corrected chi connectivity index (χ4v) is 4.12. The van der Waals surface area contributed by atoms with Crippen LogP contribution in [0.3, 0.4) is 0 Å². The van der Waals surface area contributed by atoms with Crippen molar-refractivity contribution in [2.24, 2.45) is 5.92 Å². The first kappa shape index (κ1) is 19.2. The van der Waals surface area contributed by atoms with Gasteiger partial charge in [0.25, 0.3) is 15.9 Å². The minimum atomic E-state index is -3.91. The lowest BCUT2D eigenvalue weighted by Gasteiger charge is -2.15. The van der Waals surface area contributed by atoms with Gasteiger partial charge in [-0.2, -0.15) is 0 Å². The lowest BCUT2D eigenvalue weighted by Crippen LogP contribution is -2.34. The van der Waals surface area contributed by atoms with Gasteiger partial charge in [-0.3, -0.25) is 9.52 Å². The number of hydrogen-bond donors (Lipinski definition) is 2. The fourth-order valence-electron chi connectivity index (χ4n) is 2.86. The quantitative estimate of drug-likeness (QED) is 0.762. The van der Waals surface area contributed by atoms with E-state index in [1.165, 1.54) is 19.2 Å². The number of methoxy groups -OCH3 is 1. The normalized spacial score (nSPS) is 15.1. The molecule has 2 aromatic carbocycles. The predicted molar refractivity (Wildman–Crippen MR) is 105 cm³/mol. The van der Waals surface area contributed by atoms with E-state index in [9.17, 15) is 13.2 Å². The van der Waals surface area contributed by atoms with Crippen LogP contribution in [-0.2, 0) is 10.0 Å². The summed E-state index contributed by atoms with van der Waals surface area (Å²) < 4.78 is 33.5. The Morgan fingerprint density at radius 1 is 1.15 bits per heavy atom. The molecule has 2 aromatic rings. The Labute approximate surface area is 160 Å². The molecule has 0 spiro atoms. The lowest BCUT2D eigenvalue weighted by atomic mass is 10.1. The highest BCUT2D eigenvalue weighted by molar-refractivity contribution is 7.92. The van der Waals surface area contributed by atoms with Crippen LogP contribution >= 0.6 is 0 Å². The van der Waals surface area contributed by atoms with E-state index in [0.717, 1.165) is 18.4 Å². The number of nitrogens with one attached hydrogen (secondary N) is 2. The molecule has 0 unspecified atom stereocenters. The van der Waals surface area contributed by atoms with Crippen molar-refractivity contribution < 1.29 is 17.9 Å². The van der Waals surface area contributed by atoms with Crippen LogP contribution in [0.5, 0.6) is 5.75 Å². The summed E-state index contributed by atoms with van der Waals surface area (Å²) in [7, 11) is -2.51. The minimum Gasteiger partial charge on any atom is -0.495 e. The van der Waals surface area contributed by atoms with Crippen molar-refractivity contribution in [1.29, 1.82) is 0 Å². The van der Waals surface area contributed by atoms with E-state index in [-0.39, 0.29) is 28.2 Å². The first-order valence-corrected chi connectivity index (χ1v) is 10.4. The van der Waals surface area contributed by atoms with Gasteiger partial charge in [0.05, 0.1) is 7.11 Å². The highest BCUT2D eigenvalue weighted by atomic mass is 32.2. The maximum atomic E-state index is 12.9. The molecule has 1 aliphatic carbocycles. The summed E-state index contributed by atoms with van der Waals surface area (Å²) >= 11 is 0. The number of carbonyl (C=O) groups is 1. The molecule has 1 aliphatic rings. The average Bonchev–Trinajstić information content (AvgIpc) is 3.48. The van der Waals surface area contributed by atoms with Gasteiger partial charge in [0.15, 0.2) is 0 Å². The molecule has 1 atom stereocenters. The summed E-state index contributed by atoms with van der Waals surface area (Å²) in [4.78, 5) is 12.4. The Bertz CT molecular complexity index is 935. The van der Waals surface area contributed by atoms with Crippen LogP contribution in [0.1, 0.15) is 35.7 Å².